The number of carbonyl (C=O) groups excluding carboxylic acids is 2. The standard InChI is InChI=1S/C21H24N4O4S2/c1-6-15-12(2)31-19(17(15)20(27)29-5)22-16(26)11-30-21-24-23-18(25(21)3)13-8-7-9-14(10-13)28-4/h7-10H,6,11H2,1-5H3,(H,22,26). The fourth-order valence-corrected chi connectivity index (χ4v) is 5.02. The first-order valence-electron chi connectivity index (χ1n) is 9.56. The summed E-state index contributed by atoms with van der Waals surface area (Å²) in [5.41, 5.74) is 2.20. The van der Waals surface area contributed by atoms with E-state index in [2.05, 4.69) is 15.5 Å². The van der Waals surface area contributed by atoms with Gasteiger partial charge >= 0.3 is 5.97 Å². The van der Waals surface area contributed by atoms with Gasteiger partial charge in [-0.15, -0.1) is 21.5 Å². The highest BCUT2D eigenvalue weighted by molar-refractivity contribution is 7.99. The van der Waals surface area contributed by atoms with Crippen LogP contribution in [0.4, 0.5) is 5.00 Å². The Bertz CT molecular complexity index is 1110. The lowest BCUT2D eigenvalue weighted by atomic mass is 10.1. The van der Waals surface area contributed by atoms with Gasteiger partial charge in [0.2, 0.25) is 5.91 Å². The van der Waals surface area contributed by atoms with Crippen molar-refractivity contribution in [3.05, 3.63) is 40.3 Å². The summed E-state index contributed by atoms with van der Waals surface area (Å²) in [5.74, 6) is 0.859. The molecule has 0 bridgehead atoms. The quantitative estimate of drug-likeness (QED) is 0.402. The number of hydrogen-bond acceptors (Lipinski definition) is 8. The van der Waals surface area contributed by atoms with Gasteiger partial charge in [0.05, 0.1) is 25.5 Å². The average molecular weight is 461 g/mol. The molecule has 0 aliphatic heterocycles. The van der Waals surface area contributed by atoms with Crippen LogP contribution >= 0.6 is 23.1 Å². The van der Waals surface area contributed by atoms with Gasteiger partial charge in [-0.1, -0.05) is 30.8 Å². The van der Waals surface area contributed by atoms with Crippen LogP contribution in [0.3, 0.4) is 0 Å². The molecule has 1 amide bonds. The second-order valence-electron chi connectivity index (χ2n) is 6.62. The Morgan fingerprint density at radius 1 is 1.26 bits per heavy atom. The molecule has 31 heavy (non-hydrogen) atoms. The molecule has 0 atom stereocenters. The largest absolute Gasteiger partial charge is 0.497 e. The number of rotatable bonds is 8. The second kappa shape index (κ2) is 9.97. The molecule has 3 aromatic rings. The number of nitrogens with one attached hydrogen (secondary N) is 1. The highest BCUT2D eigenvalue weighted by Gasteiger charge is 2.23. The molecule has 0 spiro atoms. The molecule has 10 heteroatoms. The van der Waals surface area contributed by atoms with Crippen LogP contribution in [0.15, 0.2) is 29.4 Å². The van der Waals surface area contributed by atoms with Crippen molar-refractivity contribution in [2.24, 2.45) is 7.05 Å². The van der Waals surface area contributed by atoms with E-state index < -0.39 is 5.97 Å². The maximum absolute atomic E-state index is 12.6. The van der Waals surface area contributed by atoms with Crippen LogP contribution in [0, 0.1) is 6.92 Å². The number of aromatic nitrogens is 3. The SMILES string of the molecule is CCc1c(C)sc(NC(=O)CSc2nnc(-c3cccc(OC)c3)n2C)c1C(=O)OC. The molecule has 8 nitrogen and oxygen atoms in total. The number of thioether (sulfide) groups is 1. The van der Waals surface area contributed by atoms with Gasteiger partial charge in [0.25, 0.3) is 0 Å². The second-order valence-corrected chi connectivity index (χ2v) is 8.79. The highest BCUT2D eigenvalue weighted by atomic mass is 32.2. The molecule has 0 unspecified atom stereocenters. The number of nitrogens with zero attached hydrogens (tertiary/aromatic N) is 3. The lowest BCUT2D eigenvalue weighted by Gasteiger charge is -2.07. The van der Waals surface area contributed by atoms with Gasteiger partial charge in [0.15, 0.2) is 11.0 Å². The number of esters is 1. The van der Waals surface area contributed by atoms with E-state index >= 15 is 0 Å². The van der Waals surface area contributed by atoms with E-state index in [1.165, 1.54) is 30.2 Å². The topological polar surface area (TPSA) is 95.3 Å². The normalized spacial score (nSPS) is 10.7. The third-order valence-corrected chi connectivity index (χ3v) is 6.78. The molecule has 0 saturated heterocycles. The number of aryl methyl sites for hydroxylation is 1. The van der Waals surface area contributed by atoms with Crippen molar-refractivity contribution in [3.8, 4) is 17.1 Å². The van der Waals surface area contributed by atoms with E-state index in [-0.39, 0.29) is 11.7 Å². The zero-order valence-electron chi connectivity index (χ0n) is 18.0. The van der Waals surface area contributed by atoms with Crippen LogP contribution in [-0.4, -0.2) is 46.6 Å². The summed E-state index contributed by atoms with van der Waals surface area (Å²) in [5, 5.41) is 12.4. The minimum atomic E-state index is -0.444. The summed E-state index contributed by atoms with van der Waals surface area (Å²) in [4.78, 5) is 25.8. The predicted octanol–water partition coefficient (Wildman–Crippen LogP) is 3.94. The van der Waals surface area contributed by atoms with Gasteiger partial charge < -0.3 is 19.4 Å². The minimum absolute atomic E-state index is 0.128. The third kappa shape index (κ3) is 4.91. The smallest absolute Gasteiger partial charge is 0.341 e. The summed E-state index contributed by atoms with van der Waals surface area (Å²) in [7, 11) is 4.80. The molecule has 0 aliphatic carbocycles. The van der Waals surface area contributed by atoms with Crippen LogP contribution < -0.4 is 10.1 Å². The lowest BCUT2D eigenvalue weighted by Crippen LogP contribution is -2.16. The van der Waals surface area contributed by atoms with E-state index in [0.717, 1.165) is 21.8 Å². The maximum atomic E-state index is 12.6. The Balaban J connectivity index is 1.71. The molecule has 0 radical (unpaired) electrons. The monoisotopic (exact) mass is 460 g/mol. The van der Waals surface area contributed by atoms with E-state index in [9.17, 15) is 9.59 Å². The Morgan fingerprint density at radius 3 is 2.71 bits per heavy atom. The first-order chi connectivity index (χ1) is 14.9. The van der Waals surface area contributed by atoms with Crippen molar-refractivity contribution < 1.29 is 19.1 Å². The number of ether oxygens (including phenoxy) is 2. The van der Waals surface area contributed by atoms with Gasteiger partial charge in [-0.3, -0.25) is 4.79 Å². The number of amides is 1. The number of anilines is 1. The fourth-order valence-electron chi connectivity index (χ4n) is 3.16. The molecule has 1 aromatic carbocycles. The summed E-state index contributed by atoms with van der Waals surface area (Å²) < 4.78 is 12.0. The number of methoxy groups -OCH3 is 2. The van der Waals surface area contributed by atoms with E-state index in [4.69, 9.17) is 9.47 Å². The molecular formula is C21H24N4O4S2. The zero-order valence-corrected chi connectivity index (χ0v) is 19.6. The Hall–Kier alpha value is -2.85. The van der Waals surface area contributed by atoms with Crippen molar-refractivity contribution >= 4 is 40.0 Å². The van der Waals surface area contributed by atoms with Crippen molar-refractivity contribution in [2.75, 3.05) is 25.3 Å². The number of benzene rings is 1. The van der Waals surface area contributed by atoms with Gasteiger partial charge in [-0.05, 0) is 31.0 Å². The summed E-state index contributed by atoms with van der Waals surface area (Å²) in [6.07, 6.45) is 0.684. The maximum Gasteiger partial charge on any atom is 0.341 e. The molecule has 2 heterocycles. The number of thiophene rings is 1. The summed E-state index contributed by atoms with van der Waals surface area (Å²) >= 11 is 2.65. The van der Waals surface area contributed by atoms with Crippen molar-refractivity contribution in [3.63, 3.8) is 0 Å². The first-order valence-corrected chi connectivity index (χ1v) is 11.4. The van der Waals surface area contributed by atoms with Crippen molar-refractivity contribution in [1.29, 1.82) is 0 Å². The Labute approximate surface area is 189 Å². The van der Waals surface area contributed by atoms with Gasteiger partial charge in [-0.25, -0.2) is 4.79 Å². The van der Waals surface area contributed by atoms with Crippen molar-refractivity contribution in [2.45, 2.75) is 25.4 Å². The number of hydrogen-bond donors (Lipinski definition) is 1. The molecule has 1 N–H and O–H groups in total. The van der Waals surface area contributed by atoms with Crippen LogP contribution in [0.1, 0.15) is 27.7 Å². The van der Waals surface area contributed by atoms with E-state index in [0.29, 0.717) is 28.0 Å². The van der Waals surface area contributed by atoms with Crippen molar-refractivity contribution in [1.82, 2.24) is 14.8 Å². The predicted molar refractivity (Wildman–Crippen MR) is 122 cm³/mol. The molecule has 3 rings (SSSR count). The molecule has 164 valence electrons. The van der Waals surface area contributed by atoms with Gasteiger partial charge in [0, 0.05) is 17.5 Å². The Kier molecular flexibility index (Phi) is 7.34. The summed E-state index contributed by atoms with van der Waals surface area (Å²) in [6.45, 7) is 3.90. The average Bonchev–Trinajstić information content (AvgIpc) is 3.30. The minimum Gasteiger partial charge on any atom is -0.497 e. The molecule has 0 saturated carbocycles. The van der Waals surface area contributed by atoms with E-state index in [1.54, 1.807) is 7.11 Å². The van der Waals surface area contributed by atoms with Gasteiger partial charge in [0.1, 0.15) is 10.8 Å². The number of carbonyl (C=O) groups is 2. The summed E-state index contributed by atoms with van der Waals surface area (Å²) in [6, 6.07) is 7.55. The first kappa shape index (κ1) is 22.8. The zero-order chi connectivity index (χ0) is 22.5. The fraction of sp³-hybridized carbons (Fsp3) is 0.333. The third-order valence-electron chi connectivity index (χ3n) is 4.70. The van der Waals surface area contributed by atoms with Gasteiger partial charge in [-0.2, -0.15) is 0 Å². The lowest BCUT2D eigenvalue weighted by molar-refractivity contribution is -0.113. The van der Waals surface area contributed by atoms with E-state index in [1.807, 2.05) is 49.7 Å². The Morgan fingerprint density at radius 2 is 2.03 bits per heavy atom. The molecule has 2 aromatic heterocycles. The van der Waals surface area contributed by atoms with Crippen LogP contribution in [0.25, 0.3) is 11.4 Å². The van der Waals surface area contributed by atoms with Crippen LogP contribution in [-0.2, 0) is 23.0 Å². The van der Waals surface area contributed by atoms with Crippen LogP contribution in [0.2, 0.25) is 0 Å². The molecular weight excluding hydrogens is 436 g/mol. The molecule has 0 fully saturated rings. The highest BCUT2D eigenvalue weighted by Crippen LogP contribution is 2.34. The van der Waals surface area contributed by atoms with Crippen LogP contribution in [0.5, 0.6) is 5.75 Å². The molecule has 0 aliphatic rings.